The molecule has 1 unspecified atom stereocenters. The van der Waals surface area contributed by atoms with Crippen LogP contribution in [0.15, 0.2) is 35.5 Å². The molecule has 8 N–H and O–H groups in total. The van der Waals surface area contributed by atoms with E-state index in [2.05, 4.69) is 29.2 Å². The topological polar surface area (TPSA) is 184 Å². The maximum absolute atomic E-state index is 12.6. The van der Waals surface area contributed by atoms with Crippen molar-refractivity contribution >= 4 is 18.1 Å². The first-order valence-electron chi connectivity index (χ1n) is 18.1. The number of carbonyl (C=O) groups excluding carboxylic acids is 1. The minimum atomic E-state index is -1.58. The van der Waals surface area contributed by atoms with Gasteiger partial charge in [-0.25, -0.2) is 10.2 Å². The van der Waals surface area contributed by atoms with Crippen LogP contribution in [0, 0.1) is 18.3 Å². The Morgan fingerprint density at radius 3 is 2.44 bits per heavy atom. The van der Waals surface area contributed by atoms with Crippen molar-refractivity contribution in [2.45, 2.75) is 116 Å². The predicted octanol–water partition coefficient (Wildman–Crippen LogP) is 1.90. The van der Waals surface area contributed by atoms with Crippen LogP contribution in [0.1, 0.15) is 83.4 Å². The van der Waals surface area contributed by atoms with Crippen molar-refractivity contribution in [3.05, 3.63) is 52.2 Å². The van der Waals surface area contributed by atoms with E-state index in [-0.39, 0.29) is 23.3 Å². The monoisotopic (exact) mass is 701 g/mol. The molecule has 4 rings (SSSR count). The van der Waals surface area contributed by atoms with E-state index >= 15 is 0 Å². The van der Waals surface area contributed by atoms with Crippen LogP contribution in [0.3, 0.4) is 0 Å². The second kappa shape index (κ2) is 17.0. The smallest absolute Gasteiger partial charge is 0.410 e. The Hall–Kier alpha value is -3.00. The molecule has 50 heavy (non-hydrogen) atoms. The van der Waals surface area contributed by atoms with Crippen molar-refractivity contribution in [2.24, 2.45) is 17.1 Å². The molecule has 3 heterocycles. The van der Waals surface area contributed by atoms with Crippen LogP contribution in [0.2, 0.25) is 0 Å². The summed E-state index contributed by atoms with van der Waals surface area (Å²) in [4.78, 5) is 17.0. The Balaban J connectivity index is 1.31. The molecule has 0 aromatic heterocycles. The standard InChI is InChI=1S/C38H60N4O8/c1-24(2)30(39)28(34(40)49-35-33(46)32(45)31(44)29(22-43)48-35)21-27-12-11-26(20-25(27)3)10-7-8-16-41-17-9-13-38(23-41)14-18-42(19-15-38)36(47)50-37(4,5)6/h7,10-12,20,24,29,31-33,35,40,43-46H,8-9,13-19,21-23,39H2,1-6H3/p+1/b10-7+,30-28-,40-34?/t29-,31-,32?,33-,35+/m1/s1. The summed E-state index contributed by atoms with van der Waals surface area (Å²) in [6, 6.07) is 6.23. The maximum atomic E-state index is 12.6. The molecule has 1 amide bonds. The fourth-order valence-corrected chi connectivity index (χ4v) is 7.13. The van der Waals surface area contributed by atoms with Gasteiger partial charge in [-0.1, -0.05) is 44.2 Å². The van der Waals surface area contributed by atoms with Crippen molar-refractivity contribution in [2.75, 3.05) is 39.3 Å². The number of nitrogens with zero attached hydrogens (tertiary/aromatic N) is 2. The van der Waals surface area contributed by atoms with Gasteiger partial charge in [-0.2, -0.15) is 0 Å². The summed E-state index contributed by atoms with van der Waals surface area (Å²) in [5.74, 6) is -0.110. The molecule has 1 aromatic rings. The number of carbonyl (C=O) groups is 1. The number of rotatable bonds is 10. The number of aliphatic hydroxyl groups is 4. The summed E-state index contributed by atoms with van der Waals surface area (Å²) in [6.07, 6.45) is 2.76. The zero-order valence-electron chi connectivity index (χ0n) is 30.8. The van der Waals surface area contributed by atoms with Gasteiger partial charge in [0, 0.05) is 38.3 Å². The van der Waals surface area contributed by atoms with Gasteiger partial charge in [0.1, 0.15) is 30.0 Å². The first-order chi connectivity index (χ1) is 23.5. The van der Waals surface area contributed by atoms with Crippen LogP contribution in [0.25, 0.3) is 6.08 Å². The summed E-state index contributed by atoms with van der Waals surface area (Å²) in [5.41, 5.74) is 10.5. The van der Waals surface area contributed by atoms with E-state index in [4.69, 9.17) is 25.4 Å². The molecule has 0 saturated carbocycles. The van der Waals surface area contributed by atoms with Crippen molar-refractivity contribution in [3.8, 4) is 0 Å². The second-order valence-electron chi connectivity index (χ2n) is 15.7. The lowest BCUT2D eigenvalue weighted by molar-refractivity contribution is -0.291. The number of allylic oxidation sites excluding steroid dienone is 1. The molecule has 3 aliphatic heterocycles. The lowest BCUT2D eigenvalue weighted by Crippen LogP contribution is -2.61. The van der Waals surface area contributed by atoms with Gasteiger partial charge in [0.25, 0.3) is 0 Å². The van der Waals surface area contributed by atoms with Crippen molar-refractivity contribution < 1.29 is 44.8 Å². The summed E-state index contributed by atoms with van der Waals surface area (Å²) >= 11 is 0. The molecule has 5 atom stereocenters. The van der Waals surface area contributed by atoms with Crippen molar-refractivity contribution in [1.82, 2.24) is 9.80 Å². The third kappa shape index (κ3) is 10.3. The zero-order valence-corrected chi connectivity index (χ0v) is 30.8. The number of aryl methyl sites for hydroxylation is 1. The van der Waals surface area contributed by atoms with E-state index in [1.165, 1.54) is 12.8 Å². The van der Waals surface area contributed by atoms with E-state index in [9.17, 15) is 25.2 Å². The lowest BCUT2D eigenvalue weighted by atomic mass is 9.72. The van der Waals surface area contributed by atoms with E-state index in [0.29, 0.717) is 17.7 Å². The van der Waals surface area contributed by atoms with E-state index in [1.807, 2.05) is 52.5 Å². The van der Waals surface area contributed by atoms with Gasteiger partial charge in [-0.3, -0.25) is 0 Å². The summed E-state index contributed by atoms with van der Waals surface area (Å²) in [6.45, 7) is 15.8. The molecule has 12 heteroatoms. The van der Waals surface area contributed by atoms with Crippen LogP contribution in [-0.2, 0) is 20.6 Å². The van der Waals surface area contributed by atoms with E-state index in [0.717, 1.165) is 68.7 Å². The number of nitrogens with two attached hydrogens (primary N) is 2. The van der Waals surface area contributed by atoms with Gasteiger partial charge in [-0.05, 0) is 94.4 Å². The molecule has 280 valence electrons. The highest BCUT2D eigenvalue weighted by atomic mass is 16.7. The molecule has 3 saturated heterocycles. The van der Waals surface area contributed by atoms with Gasteiger partial charge in [0.2, 0.25) is 6.29 Å². The Morgan fingerprint density at radius 2 is 1.82 bits per heavy atom. The molecular formula is C38H61N4O8+. The van der Waals surface area contributed by atoms with Gasteiger partial charge in [-0.15, -0.1) is 0 Å². The SMILES string of the molecule is Cc1cc(/C=C/CCN2CCCC3(CCN(C(=O)OC(C)(C)C)CC3)C2)ccc1C/C(C(=[NH2+])O[C@@H]1O[C@H](CO)[C@@H](O)C(O)[C@H]1O)=C(/N)C(C)C. The van der Waals surface area contributed by atoms with Gasteiger partial charge >= 0.3 is 12.0 Å². The number of amides is 1. The second-order valence-corrected chi connectivity index (χ2v) is 15.7. The average molecular weight is 702 g/mol. The lowest BCUT2D eigenvalue weighted by Gasteiger charge is -2.47. The van der Waals surface area contributed by atoms with Gasteiger partial charge in [0.15, 0.2) is 0 Å². The van der Waals surface area contributed by atoms with Crippen LogP contribution in [0.5, 0.6) is 0 Å². The van der Waals surface area contributed by atoms with Crippen LogP contribution in [-0.4, -0.2) is 118 Å². The summed E-state index contributed by atoms with van der Waals surface area (Å²) < 4.78 is 16.9. The fourth-order valence-electron chi connectivity index (χ4n) is 7.13. The molecule has 3 fully saturated rings. The largest absolute Gasteiger partial charge is 0.444 e. The number of hydrogen-bond acceptors (Lipinski definition) is 10. The van der Waals surface area contributed by atoms with Gasteiger partial charge < -0.3 is 50.2 Å². The number of benzene rings is 1. The van der Waals surface area contributed by atoms with E-state index in [1.54, 1.807) is 0 Å². The Morgan fingerprint density at radius 1 is 1.12 bits per heavy atom. The first kappa shape index (κ1) is 39.8. The highest BCUT2D eigenvalue weighted by Crippen LogP contribution is 2.40. The summed E-state index contributed by atoms with van der Waals surface area (Å²) in [7, 11) is 0. The molecule has 0 radical (unpaired) electrons. The van der Waals surface area contributed by atoms with Gasteiger partial charge in [0.05, 0.1) is 12.2 Å². The predicted molar refractivity (Wildman–Crippen MR) is 192 cm³/mol. The third-order valence-electron chi connectivity index (χ3n) is 10.2. The zero-order chi connectivity index (χ0) is 36.8. The Kier molecular flexibility index (Phi) is 13.5. The van der Waals surface area contributed by atoms with Crippen molar-refractivity contribution in [1.29, 1.82) is 0 Å². The summed E-state index contributed by atoms with van der Waals surface area (Å²) in [5, 5.41) is 46.7. The highest BCUT2D eigenvalue weighted by Gasteiger charge is 2.46. The van der Waals surface area contributed by atoms with E-state index < -0.39 is 42.9 Å². The normalized spacial score (nSPS) is 26.7. The first-order valence-corrected chi connectivity index (χ1v) is 18.1. The number of piperidine rings is 2. The molecule has 0 aliphatic carbocycles. The number of hydrogen-bond donors (Lipinski definition) is 6. The molecule has 0 bridgehead atoms. The molecule has 1 spiro atoms. The van der Waals surface area contributed by atoms with Crippen LogP contribution in [0.4, 0.5) is 4.79 Å². The minimum Gasteiger partial charge on any atom is -0.444 e. The molecule has 12 nitrogen and oxygen atoms in total. The van der Waals surface area contributed by atoms with Crippen molar-refractivity contribution in [3.63, 3.8) is 0 Å². The molecular weight excluding hydrogens is 640 g/mol. The highest BCUT2D eigenvalue weighted by molar-refractivity contribution is 5.90. The molecule has 3 aliphatic rings. The number of aliphatic hydroxyl groups excluding tert-OH is 4. The quantitative estimate of drug-likeness (QED) is 0.156. The average Bonchev–Trinajstić information content (AvgIpc) is 3.05. The fraction of sp³-hybridized carbons (Fsp3) is 0.684. The van der Waals surface area contributed by atoms with Crippen LogP contribution < -0.4 is 11.1 Å². The third-order valence-corrected chi connectivity index (χ3v) is 10.2. The number of ether oxygens (including phenoxy) is 3. The maximum Gasteiger partial charge on any atom is 0.410 e. The molecule has 1 aromatic carbocycles. The Labute approximate surface area is 297 Å². The minimum absolute atomic E-state index is 0.0516. The number of likely N-dealkylation sites (tertiary alicyclic amines) is 2. The Bertz CT molecular complexity index is 1380. The van der Waals surface area contributed by atoms with Crippen LogP contribution >= 0.6 is 0 Å².